The van der Waals surface area contributed by atoms with E-state index < -0.39 is 0 Å². The zero-order chi connectivity index (χ0) is 41.7. The van der Waals surface area contributed by atoms with Gasteiger partial charge in [0.2, 0.25) is 6.71 Å². The third-order valence-corrected chi connectivity index (χ3v) is 12.3. The molecule has 6 heteroatoms. The summed E-state index contributed by atoms with van der Waals surface area (Å²) in [6.07, 6.45) is 0.914. The molecule has 300 valence electrons. The van der Waals surface area contributed by atoms with Gasteiger partial charge in [0, 0.05) is 56.4 Å². The number of benzene rings is 8. The zero-order valence-electron chi connectivity index (χ0n) is 34.9. The molecule has 0 saturated carbocycles. The first-order valence-electron chi connectivity index (χ1n) is 21.4. The highest BCUT2D eigenvalue weighted by Gasteiger charge is 2.44. The van der Waals surface area contributed by atoms with Crippen LogP contribution in [0.3, 0.4) is 0 Å². The molecule has 2 atom stereocenters. The van der Waals surface area contributed by atoms with Crippen LogP contribution in [0, 0.1) is 0 Å². The Labute approximate surface area is 366 Å². The van der Waals surface area contributed by atoms with Crippen molar-refractivity contribution in [3.8, 4) is 16.9 Å². The van der Waals surface area contributed by atoms with Crippen LogP contribution in [0.25, 0.3) is 11.1 Å². The highest BCUT2D eigenvalue weighted by molar-refractivity contribution is 6.90. The van der Waals surface area contributed by atoms with Gasteiger partial charge >= 0.3 is 0 Å². The molecule has 61 heavy (non-hydrogen) atoms. The van der Waals surface area contributed by atoms with E-state index in [1.54, 1.807) is 0 Å². The SMILES string of the molecule is CCOc1cc(Cl)cc2c1B(C(CC)[C@H](C)N(c1ccccc1)c1ccccc1)c1ccc(N(c3ccccc3)c3ccccc3)cc1N2c1ccccc1-c1ccccc1. The summed E-state index contributed by atoms with van der Waals surface area (Å²) in [5.41, 5.74) is 13.4. The average Bonchev–Trinajstić information content (AvgIpc) is 3.31. The maximum atomic E-state index is 7.21. The van der Waals surface area contributed by atoms with Crippen molar-refractivity contribution >= 4 is 74.7 Å². The maximum absolute atomic E-state index is 7.21. The Balaban J connectivity index is 1.33. The summed E-state index contributed by atoms with van der Waals surface area (Å²) in [5, 5.41) is 0.634. The molecule has 0 bridgehead atoms. The van der Waals surface area contributed by atoms with Crippen molar-refractivity contribution in [2.75, 3.05) is 21.3 Å². The Kier molecular flexibility index (Phi) is 11.7. The number of anilines is 8. The van der Waals surface area contributed by atoms with E-state index >= 15 is 0 Å². The first kappa shape index (κ1) is 39.8. The van der Waals surface area contributed by atoms with Crippen molar-refractivity contribution in [2.24, 2.45) is 0 Å². The van der Waals surface area contributed by atoms with Gasteiger partial charge in [-0.25, -0.2) is 0 Å². The van der Waals surface area contributed by atoms with E-state index in [0.29, 0.717) is 11.6 Å². The summed E-state index contributed by atoms with van der Waals surface area (Å²) in [6.45, 7) is 7.24. The molecule has 0 amide bonds. The van der Waals surface area contributed by atoms with Gasteiger partial charge in [-0.3, -0.25) is 0 Å². The number of rotatable bonds is 13. The second kappa shape index (κ2) is 17.9. The maximum Gasteiger partial charge on any atom is 0.224 e. The molecule has 1 heterocycles. The molecular weight excluding hydrogens is 765 g/mol. The minimum Gasteiger partial charge on any atom is -0.494 e. The van der Waals surface area contributed by atoms with E-state index in [9.17, 15) is 0 Å². The molecule has 0 aromatic heterocycles. The van der Waals surface area contributed by atoms with Crippen molar-refractivity contribution < 1.29 is 4.74 Å². The normalized spacial score (nSPS) is 12.9. The molecule has 0 fully saturated rings. The molecular formula is C55H49BClN3O. The summed E-state index contributed by atoms with van der Waals surface area (Å²) in [6, 6.07) is 73.6. The quantitative estimate of drug-likeness (QED) is 0.108. The summed E-state index contributed by atoms with van der Waals surface area (Å²) >= 11 is 7.21. The third kappa shape index (κ3) is 7.78. The van der Waals surface area contributed by atoms with Gasteiger partial charge in [-0.2, -0.15) is 0 Å². The molecule has 8 aromatic rings. The van der Waals surface area contributed by atoms with Gasteiger partial charge in [-0.1, -0.05) is 152 Å². The Bertz CT molecular complexity index is 2620. The lowest BCUT2D eigenvalue weighted by molar-refractivity contribution is 0.343. The average molecular weight is 814 g/mol. The number of halogens is 1. The van der Waals surface area contributed by atoms with E-state index in [1.807, 2.05) is 6.07 Å². The fraction of sp³-hybridized carbons (Fsp3) is 0.127. The zero-order valence-corrected chi connectivity index (χ0v) is 35.7. The smallest absolute Gasteiger partial charge is 0.224 e. The lowest BCUT2D eigenvalue weighted by atomic mass is 9.30. The van der Waals surface area contributed by atoms with E-state index in [-0.39, 0.29) is 18.6 Å². The molecule has 0 radical (unpaired) electrons. The molecule has 8 aromatic carbocycles. The third-order valence-electron chi connectivity index (χ3n) is 12.0. The van der Waals surface area contributed by atoms with Crippen LogP contribution in [0.2, 0.25) is 10.8 Å². The number of para-hydroxylation sites is 5. The molecule has 9 rings (SSSR count). The Morgan fingerprint density at radius 2 is 1.07 bits per heavy atom. The van der Waals surface area contributed by atoms with Gasteiger partial charge in [-0.05, 0) is 115 Å². The Morgan fingerprint density at radius 3 is 1.62 bits per heavy atom. The van der Waals surface area contributed by atoms with Crippen LogP contribution in [-0.2, 0) is 0 Å². The lowest BCUT2D eigenvalue weighted by Crippen LogP contribution is -2.56. The highest BCUT2D eigenvalue weighted by Crippen LogP contribution is 2.48. The fourth-order valence-corrected chi connectivity index (χ4v) is 9.65. The van der Waals surface area contributed by atoms with Crippen molar-refractivity contribution in [1.29, 1.82) is 0 Å². The lowest BCUT2D eigenvalue weighted by Gasteiger charge is -2.44. The first-order valence-corrected chi connectivity index (χ1v) is 21.8. The number of hydrogen-bond donors (Lipinski definition) is 0. The topological polar surface area (TPSA) is 19.0 Å². The van der Waals surface area contributed by atoms with Crippen LogP contribution in [0.5, 0.6) is 5.75 Å². The van der Waals surface area contributed by atoms with Crippen molar-refractivity contribution in [2.45, 2.75) is 39.1 Å². The number of fused-ring (bicyclic) bond motifs is 2. The number of hydrogen-bond acceptors (Lipinski definition) is 4. The van der Waals surface area contributed by atoms with Gasteiger partial charge in [-0.15, -0.1) is 0 Å². The Hall–Kier alpha value is -6.69. The van der Waals surface area contributed by atoms with Crippen LogP contribution in [0.15, 0.2) is 206 Å². The van der Waals surface area contributed by atoms with Gasteiger partial charge in [0.05, 0.1) is 12.3 Å². The standard InChI is InChI=1S/C55H49BClN3O/c1-4-49(40(3)58(43-25-13-7-14-26-43)44-27-15-8-16-28-44)56-50-36-35-47(59(45-29-17-9-18-30-45)46-31-19-10-20-32-46)39-52(50)60(53-37-42(57)38-54(55(53)56)61-5-2)51-34-22-21-33-48(51)41-23-11-6-12-24-41/h6-40,49H,4-5H2,1-3H3/t40-,49?/m0/s1. The molecule has 4 nitrogen and oxygen atoms in total. The monoisotopic (exact) mass is 813 g/mol. The first-order chi connectivity index (χ1) is 30.1. The molecule has 0 N–H and O–H groups in total. The molecule has 1 aliphatic rings. The molecule has 1 unspecified atom stereocenters. The minimum atomic E-state index is -0.0603. The molecule has 0 saturated heterocycles. The van der Waals surface area contributed by atoms with Crippen LogP contribution < -0.4 is 30.4 Å². The summed E-state index contributed by atoms with van der Waals surface area (Å²) in [7, 11) is 0. The molecule has 0 aliphatic carbocycles. The summed E-state index contributed by atoms with van der Waals surface area (Å²) < 4.78 is 6.68. The fourth-order valence-electron chi connectivity index (χ4n) is 9.44. The van der Waals surface area contributed by atoms with Crippen LogP contribution in [0.1, 0.15) is 27.2 Å². The van der Waals surface area contributed by atoms with Crippen molar-refractivity contribution in [1.82, 2.24) is 0 Å². The molecule has 1 aliphatic heterocycles. The van der Waals surface area contributed by atoms with Gasteiger partial charge in [0.1, 0.15) is 5.75 Å². The largest absolute Gasteiger partial charge is 0.494 e. The second-order valence-electron chi connectivity index (χ2n) is 15.6. The minimum absolute atomic E-state index is 0.0603. The number of nitrogens with zero attached hydrogens (tertiary/aromatic N) is 3. The van der Waals surface area contributed by atoms with E-state index in [4.69, 9.17) is 16.3 Å². The van der Waals surface area contributed by atoms with Crippen molar-refractivity contribution in [3.05, 3.63) is 211 Å². The number of ether oxygens (including phenoxy) is 1. The van der Waals surface area contributed by atoms with Gasteiger partial charge in [0.25, 0.3) is 0 Å². The van der Waals surface area contributed by atoms with Gasteiger partial charge in [0.15, 0.2) is 0 Å². The van der Waals surface area contributed by atoms with E-state index in [2.05, 4.69) is 236 Å². The predicted molar refractivity (Wildman–Crippen MR) is 261 cm³/mol. The Morgan fingerprint density at radius 1 is 0.541 bits per heavy atom. The molecule has 0 spiro atoms. The highest BCUT2D eigenvalue weighted by atomic mass is 35.5. The van der Waals surface area contributed by atoms with Crippen LogP contribution >= 0.6 is 11.6 Å². The van der Waals surface area contributed by atoms with E-state index in [1.165, 1.54) is 5.46 Å². The van der Waals surface area contributed by atoms with Crippen LogP contribution in [0.4, 0.5) is 45.5 Å². The summed E-state index contributed by atoms with van der Waals surface area (Å²) in [4.78, 5) is 7.31. The van der Waals surface area contributed by atoms with Gasteiger partial charge < -0.3 is 19.4 Å². The van der Waals surface area contributed by atoms with E-state index in [0.717, 1.165) is 74.3 Å². The van der Waals surface area contributed by atoms with Crippen molar-refractivity contribution in [3.63, 3.8) is 0 Å². The summed E-state index contributed by atoms with van der Waals surface area (Å²) in [5.74, 6) is 0.953. The predicted octanol–water partition coefficient (Wildman–Crippen LogP) is 14.3. The second-order valence-corrected chi connectivity index (χ2v) is 16.0. The van der Waals surface area contributed by atoms with Crippen LogP contribution in [-0.4, -0.2) is 19.4 Å².